The zero-order valence-corrected chi connectivity index (χ0v) is 23.4. The van der Waals surface area contributed by atoms with Gasteiger partial charge in [0.2, 0.25) is 17.7 Å². The van der Waals surface area contributed by atoms with Crippen LogP contribution in [0.2, 0.25) is 0 Å². The fourth-order valence-electron chi connectivity index (χ4n) is 5.21. The van der Waals surface area contributed by atoms with Gasteiger partial charge in [0, 0.05) is 19.4 Å². The molecule has 0 saturated carbocycles. The van der Waals surface area contributed by atoms with Crippen LogP contribution in [0.3, 0.4) is 0 Å². The second-order valence-electron chi connectivity index (χ2n) is 10.5. The minimum absolute atomic E-state index is 0.0361. The van der Waals surface area contributed by atoms with Crippen molar-refractivity contribution in [3.63, 3.8) is 0 Å². The maximum Gasteiger partial charge on any atom is 0.326 e. The first-order valence-corrected chi connectivity index (χ1v) is 14.2. The highest BCUT2D eigenvalue weighted by atomic mass is 16.4. The highest BCUT2D eigenvalue weighted by Gasteiger charge is 2.29. The number of nitrogens with one attached hydrogen (secondary N) is 3. The van der Waals surface area contributed by atoms with E-state index >= 15 is 0 Å². The number of rotatable bonds is 15. The third-order valence-corrected chi connectivity index (χ3v) is 7.48. The number of hydrogen-bond donors (Lipinski definition) is 5. The van der Waals surface area contributed by atoms with Gasteiger partial charge in [-0.05, 0) is 68.0 Å². The van der Waals surface area contributed by atoms with Crippen molar-refractivity contribution in [1.82, 2.24) is 20.9 Å². The molecule has 3 rings (SSSR count). The Bertz CT molecular complexity index is 1220. The van der Waals surface area contributed by atoms with Gasteiger partial charge in [-0.25, -0.2) is 4.79 Å². The Balaban J connectivity index is 1.59. The first-order valence-electron chi connectivity index (χ1n) is 14.2. The first kappa shape index (κ1) is 31.5. The number of carboxylic acids is 2. The van der Waals surface area contributed by atoms with E-state index in [1.165, 1.54) is 4.90 Å². The third-order valence-electron chi connectivity index (χ3n) is 7.48. The molecule has 41 heavy (non-hydrogen) atoms. The van der Waals surface area contributed by atoms with Crippen LogP contribution in [0.4, 0.5) is 0 Å². The Morgan fingerprint density at radius 2 is 1.68 bits per heavy atom. The van der Waals surface area contributed by atoms with Crippen LogP contribution in [0.15, 0.2) is 42.5 Å². The van der Waals surface area contributed by atoms with Crippen molar-refractivity contribution in [3.05, 3.63) is 48.0 Å². The molecule has 2 aromatic rings. The van der Waals surface area contributed by atoms with E-state index in [1.807, 2.05) is 30.3 Å². The molecule has 5 N–H and O–H groups in total. The van der Waals surface area contributed by atoms with Crippen molar-refractivity contribution >= 4 is 40.4 Å². The minimum Gasteiger partial charge on any atom is -0.481 e. The molecule has 0 radical (unpaired) electrons. The zero-order valence-electron chi connectivity index (χ0n) is 23.4. The lowest BCUT2D eigenvalue weighted by molar-refractivity contribution is -0.144. The van der Waals surface area contributed by atoms with Crippen LogP contribution in [0, 0.1) is 5.92 Å². The molecule has 222 valence electrons. The van der Waals surface area contributed by atoms with Gasteiger partial charge in [-0.15, -0.1) is 0 Å². The van der Waals surface area contributed by atoms with E-state index in [0.29, 0.717) is 17.9 Å². The summed E-state index contributed by atoms with van der Waals surface area (Å²) in [6, 6.07) is 10.0. The van der Waals surface area contributed by atoms with E-state index in [2.05, 4.69) is 16.0 Å². The van der Waals surface area contributed by atoms with Gasteiger partial charge in [0.1, 0.15) is 12.1 Å². The second-order valence-corrected chi connectivity index (χ2v) is 10.5. The molecule has 0 bridgehead atoms. The molecule has 1 aliphatic heterocycles. The predicted molar refractivity (Wildman–Crippen MR) is 153 cm³/mol. The van der Waals surface area contributed by atoms with Gasteiger partial charge in [0.25, 0.3) is 0 Å². The van der Waals surface area contributed by atoms with E-state index in [-0.39, 0.29) is 25.4 Å². The fourth-order valence-corrected chi connectivity index (χ4v) is 5.21. The number of amides is 3. The van der Waals surface area contributed by atoms with Crippen LogP contribution >= 0.6 is 0 Å². The number of carbonyl (C=O) groups excluding carboxylic acids is 3. The summed E-state index contributed by atoms with van der Waals surface area (Å²) in [6.45, 7) is 3.67. The molecule has 1 fully saturated rings. The molecule has 1 heterocycles. The monoisotopic (exact) mass is 568 g/mol. The highest BCUT2D eigenvalue weighted by molar-refractivity contribution is 5.94. The van der Waals surface area contributed by atoms with Crippen LogP contribution in [0.25, 0.3) is 10.8 Å². The predicted octanol–water partition coefficient (Wildman–Crippen LogP) is 1.93. The van der Waals surface area contributed by atoms with Crippen LogP contribution < -0.4 is 16.0 Å². The number of carbonyl (C=O) groups is 5. The Kier molecular flexibility index (Phi) is 12.1. The van der Waals surface area contributed by atoms with E-state index in [9.17, 15) is 34.2 Å². The maximum absolute atomic E-state index is 13.0. The molecule has 3 amide bonds. The normalized spacial score (nSPS) is 15.0. The van der Waals surface area contributed by atoms with Gasteiger partial charge in [0.05, 0.1) is 13.0 Å². The van der Waals surface area contributed by atoms with Gasteiger partial charge in [-0.2, -0.15) is 0 Å². The minimum atomic E-state index is -1.51. The van der Waals surface area contributed by atoms with Crippen molar-refractivity contribution in [1.29, 1.82) is 0 Å². The standard InChI is InChI=1S/C30H40N4O7/c1-2-34(27(36)12-5-7-20-13-15-31-16-14-20)19-26(35)32-24(18-28(37)38)29(39)33-25(30(40)41)17-22-10-6-9-21-8-3-4-11-23(21)22/h3-4,6,8-11,20,24-25,31H,2,5,7,12-19H2,1H3,(H,32,35)(H,33,39)(H,37,38)(H,40,41)/t24-,25-/m0/s1. The average molecular weight is 569 g/mol. The van der Waals surface area contributed by atoms with Crippen LogP contribution in [-0.4, -0.2) is 83.0 Å². The molecule has 0 aliphatic carbocycles. The molecule has 0 spiro atoms. The fraction of sp³-hybridized carbons (Fsp3) is 0.500. The van der Waals surface area contributed by atoms with E-state index in [4.69, 9.17) is 0 Å². The lowest BCUT2D eigenvalue weighted by atomic mass is 9.92. The highest BCUT2D eigenvalue weighted by Crippen LogP contribution is 2.20. The molecule has 1 saturated heterocycles. The average Bonchev–Trinajstić information content (AvgIpc) is 2.95. The lowest BCUT2D eigenvalue weighted by Crippen LogP contribution is -2.54. The molecule has 2 atom stereocenters. The van der Waals surface area contributed by atoms with Crippen molar-refractivity contribution < 1.29 is 34.2 Å². The summed E-state index contributed by atoms with van der Waals surface area (Å²) in [5.41, 5.74) is 0.701. The summed E-state index contributed by atoms with van der Waals surface area (Å²) in [5, 5.41) is 29.0. The lowest BCUT2D eigenvalue weighted by Gasteiger charge is -2.25. The second kappa shape index (κ2) is 15.7. The Morgan fingerprint density at radius 1 is 0.976 bits per heavy atom. The molecule has 0 aromatic heterocycles. The number of nitrogens with zero attached hydrogens (tertiary/aromatic N) is 1. The van der Waals surface area contributed by atoms with Gasteiger partial charge in [-0.1, -0.05) is 42.5 Å². The Morgan fingerprint density at radius 3 is 2.37 bits per heavy atom. The van der Waals surface area contributed by atoms with Crippen molar-refractivity contribution in [2.75, 3.05) is 26.2 Å². The number of aliphatic carboxylic acids is 2. The van der Waals surface area contributed by atoms with Gasteiger partial charge in [0.15, 0.2) is 0 Å². The third kappa shape index (κ3) is 9.86. The number of piperidine rings is 1. The maximum atomic E-state index is 13.0. The topological polar surface area (TPSA) is 165 Å². The SMILES string of the molecule is CCN(CC(=O)N[C@@H](CC(=O)O)C(=O)N[C@@H](Cc1cccc2ccccc12)C(=O)O)C(=O)CCCC1CCNCC1. The van der Waals surface area contributed by atoms with Gasteiger partial charge < -0.3 is 31.1 Å². The van der Waals surface area contributed by atoms with E-state index < -0.39 is 42.3 Å². The van der Waals surface area contributed by atoms with Crippen LogP contribution in [0.1, 0.15) is 51.0 Å². The van der Waals surface area contributed by atoms with E-state index in [0.717, 1.165) is 49.5 Å². The number of hydrogen-bond acceptors (Lipinski definition) is 6. The van der Waals surface area contributed by atoms with Crippen LogP contribution in [-0.2, 0) is 30.4 Å². The smallest absolute Gasteiger partial charge is 0.326 e. The molecule has 0 unspecified atom stereocenters. The summed E-state index contributed by atoms with van der Waals surface area (Å²) < 4.78 is 0. The molecule has 1 aliphatic rings. The zero-order chi connectivity index (χ0) is 29.8. The van der Waals surface area contributed by atoms with Crippen molar-refractivity contribution in [2.24, 2.45) is 5.92 Å². The quantitative estimate of drug-likeness (QED) is 0.217. The number of likely N-dealkylation sites (N-methyl/N-ethyl adjacent to an activating group) is 1. The largest absolute Gasteiger partial charge is 0.481 e. The van der Waals surface area contributed by atoms with Crippen molar-refractivity contribution in [2.45, 2.75) is 64.0 Å². The molecular formula is C30H40N4O7. The summed E-state index contributed by atoms with van der Waals surface area (Å²) >= 11 is 0. The Labute approximate surface area is 239 Å². The van der Waals surface area contributed by atoms with E-state index in [1.54, 1.807) is 19.1 Å². The molecule has 2 aromatic carbocycles. The van der Waals surface area contributed by atoms with Crippen LogP contribution in [0.5, 0.6) is 0 Å². The number of benzene rings is 2. The summed E-state index contributed by atoms with van der Waals surface area (Å²) in [5.74, 6) is -3.85. The summed E-state index contributed by atoms with van der Waals surface area (Å²) in [7, 11) is 0. The molecule has 11 heteroatoms. The van der Waals surface area contributed by atoms with Gasteiger partial charge in [-0.3, -0.25) is 19.2 Å². The molecular weight excluding hydrogens is 528 g/mol. The number of carboxylic acid groups (broad SMARTS) is 2. The Hall–Kier alpha value is -3.99. The summed E-state index contributed by atoms with van der Waals surface area (Å²) in [4.78, 5) is 63.4. The van der Waals surface area contributed by atoms with Crippen molar-refractivity contribution in [3.8, 4) is 0 Å². The molecule has 11 nitrogen and oxygen atoms in total. The summed E-state index contributed by atoms with van der Waals surface area (Å²) in [6.07, 6.45) is 3.37. The first-order chi connectivity index (χ1) is 19.7. The number of fused-ring (bicyclic) bond motifs is 1. The van der Waals surface area contributed by atoms with Gasteiger partial charge >= 0.3 is 11.9 Å².